The van der Waals surface area contributed by atoms with Gasteiger partial charge in [-0.25, -0.2) is 0 Å². The Balaban J connectivity index is 1.43. The molecule has 7 heteroatoms. The van der Waals surface area contributed by atoms with Crippen LogP contribution in [0.3, 0.4) is 0 Å². The van der Waals surface area contributed by atoms with Gasteiger partial charge in [-0.3, -0.25) is 9.59 Å². The Hall–Kier alpha value is -3.74. The largest absolute Gasteiger partial charge is 0.486 e. The van der Waals surface area contributed by atoms with E-state index in [1.807, 2.05) is 25.1 Å². The number of aryl methyl sites for hydroxylation is 1. The first-order valence-corrected chi connectivity index (χ1v) is 9.22. The SMILES string of the molecule is Cc1ccc(C(=O)NCc2ccc3c(c2)OCCO3)cc1NC(=O)c1ccco1. The third-order valence-electron chi connectivity index (χ3n) is 4.55. The fraction of sp³-hybridized carbons (Fsp3) is 0.182. The van der Waals surface area contributed by atoms with E-state index in [0.29, 0.717) is 42.5 Å². The number of hydrogen-bond acceptors (Lipinski definition) is 5. The van der Waals surface area contributed by atoms with Gasteiger partial charge in [-0.2, -0.15) is 0 Å². The van der Waals surface area contributed by atoms with Crippen LogP contribution in [0, 0.1) is 6.92 Å². The molecule has 0 aliphatic carbocycles. The fourth-order valence-electron chi connectivity index (χ4n) is 2.97. The molecule has 148 valence electrons. The minimum atomic E-state index is -0.369. The summed E-state index contributed by atoms with van der Waals surface area (Å²) in [5, 5.41) is 5.66. The fourth-order valence-corrected chi connectivity index (χ4v) is 2.97. The van der Waals surface area contributed by atoms with E-state index < -0.39 is 0 Å². The van der Waals surface area contributed by atoms with E-state index in [0.717, 1.165) is 11.1 Å². The molecule has 0 radical (unpaired) electrons. The molecule has 1 aliphatic rings. The van der Waals surface area contributed by atoms with Crippen molar-refractivity contribution >= 4 is 17.5 Å². The van der Waals surface area contributed by atoms with Crippen LogP contribution >= 0.6 is 0 Å². The van der Waals surface area contributed by atoms with Gasteiger partial charge in [0.15, 0.2) is 17.3 Å². The number of fused-ring (bicyclic) bond motifs is 1. The van der Waals surface area contributed by atoms with E-state index in [-0.39, 0.29) is 17.6 Å². The molecule has 0 spiro atoms. The third-order valence-corrected chi connectivity index (χ3v) is 4.55. The lowest BCUT2D eigenvalue weighted by Crippen LogP contribution is -2.23. The zero-order valence-corrected chi connectivity index (χ0v) is 15.9. The van der Waals surface area contributed by atoms with Gasteiger partial charge in [-0.05, 0) is 54.4 Å². The summed E-state index contributed by atoms with van der Waals surface area (Å²) in [6, 6.07) is 14.0. The second-order valence-corrected chi connectivity index (χ2v) is 6.62. The van der Waals surface area contributed by atoms with Crippen molar-refractivity contribution in [2.45, 2.75) is 13.5 Å². The summed E-state index contributed by atoms with van der Waals surface area (Å²) in [6.07, 6.45) is 1.43. The highest BCUT2D eigenvalue weighted by Gasteiger charge is 2.14. The molecule has 1 aliphatic heterocycles. The highest BCUT2D eigenvalue weighted by atomic mass is 16.6. The number of nitrogens with one attached hydrogen (secondary N) is 2. The minimum absolute atomic E-state index is 0.206. The minimum Gasteiger partial charge on any atom is -0.486 e. The van der Waals surface area contributed by atoms with E-state index in [1.165, 1.54) is 6.26 Å². The summed E-state index contributed by atoms with van der Waals surface area (Å²) in [6.45, 7) is 3.25. The molecular weight excluding hydrogens is 372 g/mol. The molecule has 0 atom stereocenters. The lowest BCUT2D eigenvalue weighted by molar-refractivity contribution is 0.0948. The Labute approximate surface area is 167 Å². The van der Waals surface area contributed by atoms with Gasteiger partial charge in [0.2, 0.25) is 0 Å². The highest BCUT2D eigenvalue weighted by molar-refractivity contribution is 6.03. The van der Waals surface area contributed by atoms with Crippen LogP contribution in [0.25, 0.3) is 0 Å². The van der Waals surface area contributed by atoms with Crippen molar-refractivity contribution in [3.63, 3.8) is 0 Å². The molecule has 1 aromatic heterocycles. The van der Waals surface area contributed by atoms with Crippen LogP contribution in [0.2, 0.25) is 0 Å². The number of carbonyl (C=O) groups excluding carboxylic acids is 2. The Morgan fingerprint density at radius 1 is 0.966 bits per heavy atom. The summed E-state index contributed by atoms with van der Waals surface area (Å²) in [7, 11) is 0. The second-order valence-electron chi connectivity index (χ2n) is 6.62. The Morgan fingerprint density at radius 2 is 1.79 bits per heavy atom. The summed E-state index contributed by atoms with van der Waals surface area (Å²) in [5.41, 5.74) is 2.75. The monoisotopic (exact) mass is 392 g/mol. The molecule has 29 heavy (non-hydrogen) atoms. The number of amides is 2. The average Bonchev–Trinajstić information content (AvgIpc) is 3.28. The van der Waals surface area contributed by atoms with Crippen molar-refractivity contribution in [1.29, 1.82) is 0 Å². The summed E-state index contributed by atoms with van der Waals surface area (Å²) in [5.74, 6) is 0.987. The van der Waals surface area contributed by atoms with Crippen LogP contribution in [-0.2, 0) is 6.54 Å². The number of benzene rings is 2. The van der Waals surface area contributed by atoms with Gasteiger partial charge in [0.25, 0.3) is 11.8 Å². The first-order valence-electron chi connectivity index (χ1n) is 9.22. The topological polar surface area (TPSA) is 89.8 Å². The Bertz CT molecular complexity index is 1040. The molecule has 4 rings (SSSR count). The van der Waals surface area contributed by atoms with Gasteiger partial charge < -0.3 is 24.5 Å². The van der Waals surface area contributed by atoms with E-state index in [1.54, 1.807) is 30.3 Å². The van der Waals surface area contributed by atoms with Crippen molar-refractivity contribution < 1.29 is 23.5 Å². The van der Waals surface area contributed by atoms with Crippen molar-refractivity contribution in [3.05, 3.63) is 77.2 Å². The van der Waals surface area contributed by atoms with Gasteiger partial charge in [-0.1, -0.05) is 12.1 Å². The number of anilines is 1. The van der Waals surface area contributed by atoms with Crippen LogP contribution < -0.4 is 20.1 Å². The zero-order chi connectivity index (χ0) is 20.2. The maximum Gasteiger partial charge on any atom is 0.291 e. The molecule has 0 unspecified atom stereocenters. The summed E-state index contributed by atoms with van der Waals surface area (Å²) >= 11 is 0. The molecule has 2 amide bonds. The third kappa shape index (κ3) is 4.24. The smallest absolute Gasteiger partial charge is 0.291 e. The molecule has 7 nitrogen and oxygen atoms in total. The van der Waals surface area contributed by atoms with E-state index in [2.05, 4.69) is 10.6 Å². The lowest BCUT2D eigenvalue weighted by Gasteiger charge is -2.19. The van der Waals surface area contributed by atoms with Crippen molar-refractivity contribution in [2.75, 3.05) is 18.5 Å². The molecule has 2 heterocycles. The van der Waals surface area contributed by atoms with Crippen LogP contribution in [0.4, 0.5) is 5.69 Å². The highest BCUT2D eigenvalue weighted by Crippen LogP contribution is 2.30. The second kappa shape index (κ2) is 8.10. The number of furan rings is 1. The maximum absolute atomic E-state index is 12.6. The van der Waals surface area contributed by atoms with Crippen LogP contribution in [0.5, 0.6) is 11.5 Å². The summed E-state index contributed by atoms with van der Waals surface area (Å²) < 4.78 is 16.2. The lowest BCUT2D eigenvalue weighted by atomic mass is 10.1. The predicted octanol–water partition coefficient (Wildman–Crippen LogP) is 3.54. The molecular formula is C22H20N2O5. The number of hydrogen-bond donors (Lipinski definition) is 2. The van der Waals surface area contributed by atoms with Crippen molar-refractivity contribution in [1.82, 2.24) is 5.32 Å². The van der Waals surface area contributed by atoms with Gasteiger partial charge in [0.1, 0.15) is 13.2 Å². The predicted molar refractivity (Wildman–Crippen MR) is 106 cm³/mol. The zero-order valence-electron chi connectivity index (χ0n) is 15.9. The van der Waals surface area contributed by atoms with E-state index >= 15 is 0 Å². The van der Waals surface area contributed by atoms with E-state index in [4.69, 9.17) is 13.9 Å². The van der Waals surface area contributed by atoms with Crippen LogP contribution in [0.1, 0.15) is 32.0 Å². The number of ether oxygens (including phenoxy) is 2. The van der Waals surface area contributed by atoms with Crippen molar-refractivity contribution in [3.8, 4) is 11.5 Å². The molecule has 0 saturated heterocycles. The van der Waals surface area contributed by atoms with Crippen LogP contribution in [0.15, 0.2) is 59.2 Å². The Morgan fingerprint density at radius 3 is 2.59 bits per heavy atom. The average molecular weight is 392 g/mol. The first-order chi connectivity index (χ1) is 14.1. The number of carbonyl (C=O) groups is 2. The Kier molecular flexibility index (Phi) is 5.20. The van der Waals surface area contributed by atoms with Gasteiger partial charge in [-0.15, -0.1) is 0 Å². The van der Waals surface area contributed by atoms with Gasteiger partial charge >= 0.3 is 0 Å². The van der Waals surface area contributed by atoms with Crippen molar-refractivity contribution in [2.24, 2.45) is 0 Å². The quantitative estimate of drug-likeness (QED) is 0.693. The molecule has 2 aromatic carbocycles. The molecule has 0 bridgehead atoms. The van der Waals surface area contributed by atoms with Crippen LogP contribution in [-0.4, -0.2) is 25.0 Å². The normalized spacial score (nSPS) is 12.3. The molecule has 0 fully saturated rings. The molecule has 3 aromatic rings. The van der Waals surface area contributed by atoms with Gasteiger partial charge in [0.05, 0.1) is 6.26 Å². The molecule has 2 N–H and O–H groups in total. The van der Waals surface area contributed by atoms with E-state index in [9.17, 15) is 9.59 Å². The molecule has 0 saturated carbocycles. The standard InChI is InChI=1S/C22H20N2O5/c1-14-4-6-16(12-17(14)24-22(26)19-3-2-8-27-19)21(25)23-13-15-5-7-18-20(11-15)29-10-9-28-18/h2-8,11-12H,9-10,13H2,1H3,(H,23,25)(H,24,26). The summed E-state index contributed by atoms with van der Waals surface area (Å²) in [4.78, 5) is 24.8. The van der Waals surface area contributed by atoms with Gasteiger partial charge in [0, 0.05) is 17.8 Å². The maximum atomic E-state index is 12.6. The number of rotatable bonds is 5. The first kappa shape index (κ1) is 18.6.